The average molecular weight is 274 g/mol. The molecule has 3 N–H and O–H groups in total. The first-order chi connectivity index (χ1) is 8.09. The molecule has 1 rings (SSSR count). The standard InChI is InChI=1S/C11H12F2N2O2S/c1-4-11(2,3)15-18(16,17)9-6-7(14)5-8(12)10(9)13/h1,5-6,15H,14H2,2-3H3. The summed E-state index contributed by atoms with van der Waals surface area (Å²) in [5.41, 5.74) is 3.85. The third kappa shape index (κ3) is 2.97. The maximum atomic E-state index is 13.5. The zero-order valence-electron chi connectivity index (χ0n) is 9.79. The Labute approximate surface area is 104 Å². The van der Waals surface area contributed by atoms with Crippen LogP contribution >= 0.6 is 0 Å². The molecule has 0 bridgehead atoms. The van der Waals surface area contributed by atoms with Crippen LogP contribution in [0.2, 0.25) is 0 Å². The summed E-state index contributed by atoms with van der Waals surface area (Å²) in [6.45, 7) is 2.82. The highest BCUT2D eigenvalue weighted by atomic mass is 32.2. The molecule has 0 atom stereocenters. The van der Waals surface area contributed by atoms with Gasteiger partial charge in [0.2, 0.25) is 10.0 Å². The minimum absolute atomic E-state index is 0.201. The summed E-state index contributed by atoms with van der Waals surface area (Å²) in [6.07, 6.45) is 5.12. The van der Waals surface area contributed by atoms with E-state index in [-0.39, 0.29) is 5.69 Å². The van der Waals surface area contributed by atoms with Crippen molar-refractivity contribution in [2.24, 2.45) is 0 Å². The molecular formula is C11H12F2N2O2S. The van der Waals surface area contributed by atoms with Gasteiger partial charge in [0.1, 0.15) is 4.90 Å². The highest BCUT2D eigenvalue weighted by Crippen LogP contribution is 2.22. The molecule has 0 spiro atoms. The van der Waals surface area contributed by atoms with Gasteiger partial charge in [-0.15, -0.1) is 6.42 Å². The highest BCUT2D eigenvalue weighted by Gasteiger charge is 2.28. The lowest BCUT2D eigenvalue weighted by Crippen LogP contribution is -2.42. The molecule has 7 heteroatoms. The fourth-order valence-corrected chi connectivity index (χ4v) is 2.67. The molecule has 0 heterocycles. The molecule has 98 valence electrons. The minimum Gasteiger partial charge on any atom is -0.399 e. The second-order valence-corrected chi connectivity index (χ2v) is 5.84. The number of nitrogens with one attached hydrogen (secondary N) is 1. The van der Waals surface area contributed by atoms with Crippen molar-refractivity contribution in [2.45, 2.75) is 24.3 Å². The van der Waals surface area contributed by atoms with Gasteiger partial charge >= 0.3 is 0 Å². The SMILES string of the molecule is C#CC(C)(C)NS(=O)(=O)c1cc(N)cc(F)c1F. The highest BCUT2D eigenvalue weighted by molar-refractivity contribution is 7.89. The summed E-state index contributed by atoms with van der Waals surface area (Å²) in [5, 5.41) is 0. The summed E-state index contributed by atoms with van der Waals surface area (Å²) >= 11 is 0. The first-order valence-corrected chi connectivity index (χ1v) is 6.33. The molecule has 0 aliphatic carbocycles. The van der Waals surface area contributed by atoms with Gasteiger partial charge in [-0.2, -0.15) is 4.72 Å². The topological polar surface area (TPSA) is 72.2 Å². The van der Waals surface area contributed by atoms with E-state index in [0.717, 1.165) is 6.07 Å². The maximum absolute atomic E-state index is 13.5. The lowest BCUT2D eigenvalue weighted by atomic mass is 10.1. The van der Waals surface area contributed by atoms with Gasteiger partial charge in [-0.25, -0.2) is 17.2 Å². The molecule has 0 radical (unpaired) electrons. The van der Waals surface area contributed by atoms with E-state index < -0.39 is 32.1 Å². The van der Waals surface area contributed by atoms with E-state index in [1.54, 1.807) is 0 Å². The largest absolute Gasteiger partial charge is 0.399 e. The summed E-state index contributed by atoms with van der Waals surface area (Å²) in [5.74, 6) is -0.657. The minimum atomic E-state index is -4.29. The summed E-state index contributed by atoms with van der Waals surface area (Å²) in [6, 6.07) is 1.52. The van der Waals surface area contributed by atoms with Gasteiger partial charge in [0.15, 0.2) is 11.6 Å². The number of terminal acetylenes is 1. The van der Waals surface area contributed by atoms with Crippen LogP contribution in [0, 0.1) is 24.0 Å². The summed E-state index contributed by atoms with van der Waals surface area (Å²) in [7, 11) is -4.29. The van der Waals surface area contributed by atoms with Gasteiger partial charge in [0, 0.05) is 5.69 Å². The molecule has 18 heavy (non-hydrogen) atoms. The van der Waals surface area contributed by atoms with E-state index >= 15 is 0 Å². The zero-order valence-corrected chi connectivity index (χ0v) is 10.6. The number of rotatable bonds is 3. The van der Waals surface area contributed by atoms with Gasteiger partial charge in [-0.3, -0.25) is 0 Å². The van der Waals surface area contributed by atoms with Gasteiger partial charge in [-0.1, -0.05) is 5.92 Å². The molecule has 1 aromatic carbocycles. The predicted molar refractivity (Wildman–Crippen MR) is 64.0 cm³/mol. The number of sulfonamides is 1. The Morgan fingerprint density at radius 3 is 2.44 bits per heavy atom. The Kier molecular flexibility index (Phi) is 3.64. The molecule has 0 aromatic heterocycles. The van der Waals surface area contributed by atoms with E-state index in [0.29, 0.717) is 6.07 Å². The monoisotopic (exact) mass is 274 g/mol. The van der Waals surface area contributed by atoms with Gasteiger partial charge in [0.25, 0.3) is 0 Å². The van der Waals surface area contributed by atoms with Crippen LogP contribution in [0.1, 0.15) is 13.8 Å². The van der Waals surface area contributed by atoms with E-state index in [9.17, 15) is 17.2 Å². The van der Waals surface area contributed by atoms with Crippen molar-refractivity contribution in [3.63, 3.8) is 0 Å². The van der Waals surface area contributed by atoms with E-state index in [4.69, 9.17) is 12.2 Å². The maximum Gasteiger partial charge on any atom is 0.244 e. The van der Waals surface area contributed by atoms with Crippen LogP contribution in [0.3, 0.4) is 0 Å². The number of nitrogen functional groups attached to an aromatic ring is 1. The van der Waals surface area contributed by atoms with Crippen molar-refractivity contribution < 1.29 is 17.2 Å². The molecule has 0 fully saturated rings. The van der Waals surface area contributed by atoms with E-state index in [1.165, 1.54) is 13.8 Å². The molecule has 0 aliphatic heterocycles. The molecule has 1 aromatic rings. The molecule has 0 aliphatic rings. The first kappa shape index (κ1) is 14.4. The lowest BCUT2D eigenvalue weighted by molar-refractivity contribution is 0.479. The quantitative estimate of drug-likeness (QED) is 0.643. The Hall–Kier alpha value is -1.65. The molecule has 0 saturated carbocycles. The van der Waals surface area contributed by atoms with Crippen molar-refractivity contribution in [3.8, 4) is 12.3 Å². The van der Waals surface area contributed by atoms with Crippen LogP contribution < -0.4 is 10.5 Å². The van der Waals surface area contributed by atoms with E-state index in [1.807, 2.05) is 0 Å². The average Bonchev–Trinajstić information content (AvgIpc) is 2.21. The van der Waals surface area contributed by atoms with Crippen molar-refractivity contribution in [2.75, 3.05) is 5.73 Å². The van der Waals surface area contributed by atoms with Crippen molar-refractivity contribution in [3.05, 3.63) is 23.8 Å². The van der Waals surface area contributed by atoms with Gasteiger partial charge in [-0.05, 0) is 26.0 Å². The van der Waals surface area contributed by atoms with Crippen molar-refractivity contribution >= 4 is 15.7 Å². The summed E-state index contributed by atoms with van der Waals surface area (Å²) < 4.78 is 52.3. The molecular weight excluding hydrogens is 262 g/mol. The molecule has 4 nitrogen and oxygen atoms in total. The molecule has 0 unspecified atom stereocenters. The number of benzene rings is 1. The number of hydrogen-bond acceptors (Lipinski definition) is 3. The van der Waals surface area contributed by atoms with Crippen LogP contribution in [0.4, 0.5) is 14.5 Å². The Morgan fingerprint density at radius 1 is 1.39 bits per heavy atom. The van der Waals surface area contributed by atoms with Crippen LogP contribution in [0.15, 0.2) is 17.0 Å². The third-order valence-corrected chi connectivity index (χ3v) is 3.71. The molecule has 0 saturated heterocycles. The van der Waals surface area contributed by atoms with Crippen LogP contribution in [-0.2, 0) is 10.0 Å². The Morgan fingerprint density at radius 2 is 1.94 bits per heavy atom. The van der Waals surface area contributed by atoms with E-state index in [2.05, 4.69) is 10.6 Å². The summed E-state index contributed by atoms with van der Waals surface area (Å²) in [4.78, 5) is -0.872. The fourth-order valence-electron chi connectivity index (χ4n) is 1.20. The third-order valence-electron chi connectivity index (χ3n) is 2.06. The second-order valence-electron chi connectivity index (χ2n) is 4.19. The number of halogens is 2. The molecule has 0 amide bonds. The number of nitrogens with two attached hydrogens (primary N) is 1. The first-order valence-electron chi connectivity index (χ1n) is 4.85. The van der Waals surface area contributed by atoms with Crippen LogP contribution in [0.5, 0.6) is 0 Å². The Bertz CT molecular complexity index is 619. The zero-order chi connectivity index (χ0) is 14.1. The lowest BCUT2D eigenvalue weighted by Gasteiger charge is -2.19. The number of anilines is 1. The second kappa shape index (κ2) is 4.55. The predicted octanol–water partition coefficient (Wildman–Crippen LogP) is 1.24. The fraction of sp³-hybridized carbons (Fsp3) is 0.273. The van der Waals surface area contributed by atoms with Crippen LogP contribution in [0.25, 0.3) is 0 Å². The van der Waals surface area contributed by atoms with Crippen molar-refractivity contribution in [1.82, 2.24) is 4.72 Å². The normalized spacial score (nSPS) is 12.2. The number of hydrogen-bond donors (Lipinski definition) is 2. The van der Waals surface area contributed by atoms with Gasteiger partial charge < -0.3 is 5.73 Å². The Balaban J connectivity index is 3.35. The smallest absolute Gasteiger partial charge is 0.244 e. The van der Waals surface area contributed by atoms with Crippen LogP contribution in [-0.4, -0.2) is 14.0 Å². The van der Waals surface area contributed by atoms with Crippen molar-refractivity contribution in [1.29, 1.82) is 0 Å². The van der Waals surface area contributed by atoms with Gasteiger partial charge in [0.05, 0.1) is 5.54 Å².